The van der Waals surface area contributed by atoms with Crippen LogP contribution in [0.25, 0.3) is 0 Å². The molecule has 1 aliphatic heterocycles. The van der Waals surface area contributed by atoms with E-state index in [0.29, 0.717) is 13.0 Å². The van der Waals surface area contributed by atoms with Gasteiger partial charge < -0.3 is 5.11 Å². The Hall–Kier alpha value is -1.41. The number of aromatic nitrogens is 2. The summed E-state index contributed by atoms with van der Waals surface area (Å²) < 4.78 is 27.2. The first kappa shape index (κ1) is 13.0. The number of aliphatic carboxylic acids is 1. The number of aryl methyl sites for hydroxylation is 1. The first-order chi connectivity index (χ1) is 8.39. The number of carbonyl (C=O) groups is 1. The van der Waals surface area contributed by atoms with Gasteiger partial charge in [-0.1, -0.05) is 0 Å². The lowest BCUT2D eigenvalue weighted by Gasteiger charge is -2.14. The molecule has 0 bridgehead atoms. The van der Waals surface area contributed by atoms with E-state index in [9.17, 15) is 13.2 Å². The Labute approximate surface area is 105 Å². The minimum Gasteiger partial charge on any atom is -0.481 e. The van der Waals surface area contributed by atoms with E-state index in [1.54, 1.807) is 7.05 Å². The van der Waals surface area contributed by atoms with E-state index in [4.69, 9.17) is 5.11 Å². The van der Waals surface area contributed by atoms with Gasteiger partial charge in [-0.2, -0.15) is 9.40 Å². The molecule has 0 radical (unpaired) electrons. The average molecular weight is 273 g/mol. The third-order valence-corrected chi connectivity index (χ3v) is 4.85. The Bertz CT molecular complexity index is 551. The van der Waals surface area contributed by atoms with Gasteiger partial charge in [0, 0.05) is 32.8 Å². The van der Waals surface area contributed by atoms with Gasteiger partial charge in [0.05, 0.1) is 6.20 Å². The smallest absolute Gasteiger partial charge is 0.303 e. The molecule has 0 saturated carbocycles. The van der Waals surface area contributed by atoms with Crippen molar-refractivity contribution in [3.8, 4) is 0 Å². The molecule has 1 aliphatic rings. The zero-order chi connectivity index (χ0) is 13.3. The lowest BCUT2D eigenvalue weighted by Crippen LogP contribution is -2.29. The number of hydrogen-bond acceptors (Lipinski definition) is 4. The van der Waals surface area contributed by atoms with Crippen LogP contribution in [0.15, 0.2) is 17.3 Å². The van der Waals surface area contributed by atoms with Crippen molar-refractivity contribution in [2.24, 2.45) is 13.0 Å². The van der Waals surface area contributed by atoms with Crippen LogP contribution in [0, 0.1) is 5.92 Å². The molecule has 1 saturated heterocycles. The van der Waals surface area contributed by atoms with E-state index in [0.717, 1.165) is 0 Å². The van der Waals surface area contributed by atoms with Crippen molar-refractivity contribution in [2.45, 2.75) is 17.7 Å². The summed E-state index contributed by atoms with van der Waals surface area (Å²) in [7, 11) is -1.88. The fourth-order valence-electron chi connectivity index (χ4n) is 2.11. The van der Waals surface area contributed by atoms with Gasteiger partial charge in [0.1, 0.15) is 4.90 Å². The minimum atomic E-state index is -3.53. The Kier molecular flexibility index (Phi) is 3.40. The molecule has 1 aromatic rings. The molecule has 1 aromatic heterocycles. The topological polar surface area (TPSA) is 92.5 Å². The summed E-state index contributed by atoms with van der Waals surface area (Å²) in [6.45, 7) is 0.638. The first-order valence-corrected chi connectivity index (χ1v) is 7.04. The zero-order valence-electron chi connectivity index (χ0n) is 9.98. The molecule has 0 amide bonds. The SMILES string of the molecule is Cn1cc(S(=O)(=O)N2CCC(CC(=O)O)C2)cn1. The largest absolute Gasteiger partial charge is 0.481 e. The monoisotopic (exact) mass is 273 g/mol. The van der Waals surface area contributed by atoms with E-state index in [1.807, 2.05) is 0 Å². The maximum Gasteiger partial charge on any atom is 0.303 e. The number of carboxylic acids is 1. The molecule has 0 aromatic carbocycles. The highest BCUT2D eigenvalue weighted by molar-refractivity contribution is 7.89. The Morgan fingerprint density at radius 2 is 2.33 bits per heavy atom. The summed E-state index contributed by atoms with van der Waals surface area (Å²) in [5.41, 5.74) is 0. The summed E-state index contributed by atoms with van der Waals surface area (Å²) in [4.78, 5) is 10.8. The highest BCUT2D eigenvalue weighted by Crippen LogP contribution is 2.25. The Balaban J connectivity index is 2.11. The molecule has 100 valence electrons. The summed E-state index contributed by atoms with van der Waals surface area (Å²) in [5.74, 6) is -0.991. The van der Waals surface area contributed by atoms with Gasteiger partial charge in [-0.3, -0.25) is 9.48 Å². The van der Waals surface area contributed by atoms with Crippen LogP contribution in [-0.4, -0.2) is 46.7 Å². The number of carboxylic acid groups (broad SMARTS) is 1. The van der Waals surface area contributed by atoms with Gasteiger partial charge in [0.25, 0.3) is 0 Å². The summed E-state index contributed by atoms with van der Waals surface area (Å²) in [6, 6.07) is 0. The summed E-state index contributed by atoms with van der Waals surface area (Å²) in [5, 5.41) is 12.5. The normalized spacial score (nSPS) is 21.3. The molecule has 8 heteroatoms. The van der Waals surface area contributed by atoms with Gasteiger partial charge in [-0.25, -0.2) is 8.42 Å². The van der Waals surface area contributed by atoms with Crippen LogP contribution in [0.1, 0.15) is 12.8 Å². The van der Waals surface area contributed by atoms with Crippen LogP contribution in [0.2, 0.25) is 0 Å². The van der Waals surface area contributed by atoms with Crippen LogP contribution in [0.5, 0.6) is 0 Å². The zero-order valence-corrected chi connectivity index (χ0v) is 10.8. The Morgan fingerprint density at radius 3 is 2.89 bits per heavy atom. The van der Waals surface area contributed by atoms with Crippen LogP contribution in [-0.2, 0) is 21.9 Å². The van der Waals surface area contributed by atoms with Crippen molar-refractivity contribution < 1.29 is 18.3 Å². The number of hydrogen-bond donors (Lipinski definition) is 1. The van der Waals surface area contributed by atoms with Crippen LogP contribution < -0.4 is 0 Å². The maximum absolute atomic E-state index is 12.2. The molecule has 1 unspecified atom stereocenters. The summed E-state index contributed by atoms with van der Waals surface area (Å²) >= 11 is 0. The van der Waals surface area contributed by atoms with Gasteiger partial charge >= 0.3 is 5.97 Å². The molecule has 1 atom stereocenters. The average Bonchev–Trinajstić information content (AvgIpc) is 2.86. The summed E-state index contributed by atoms with van der Waals surface area (Å²) in [6.07, 6.45) is 3.35. The van der Waals surface area contributed by atoms with Crippen molar-refractivity contribution in [3.05, 3.63) is 12.4 Å². The quantitative estimate of drug-likeness (QED) is 0.827. The van der Waals surface area contributed by atoms with Crippen molar-refractivity contribution in [1.29, 1.82) is 0 Å². The van der Waals surface area contributed by atoms with Gasteiger partial charge in [-0.15, -0.1) is 0 Å². The minimum absolute atomic E-state index is 0.0130. The van der Waals surface area contributed by atoms with E-state index in [-0.39, 0.29) is 23.8 Å². The van der Waals surface area contributed by atoms with Crippen LogP contribution in [0.3, 0.4) is 0 Å². The maximum atomic E-state index is 12.2. The van der Waals surface area contributed by atoms with Gasteiger partial charge in [0.2, 0.25) is 10.0 Å². The number of rotatable bonds is 4. The lowest BCUT2D eigenvalue weighted by molar-refractivity contribution is -0.137. The predicted octanol–water partition coefficient (Wildman–Crippen LogP) is -0.0946. The second kappa shape index (κ2) is 4.69. The molecule has 7 nitrogen and oxygen atoms in total. The molecular weight excluding hydrogens is 258 g/mol. The predicted molar refractivity (Wildman–Crippen MR) is 62.3 cm³/mol. The number of sulfonamides is 1. The number of nitrogens with zero attached hydrogens (tertiary/aromatic N) is 3. The second-order valence-corrected chi connectivity index (χ2v) is 6.40. The highest BCUT2D eigenvalue weighted by Gasteiger charge is 2.33. The Morgan fingerprint density at radius 1 is 1.61 bits per heavy atom. The van der Waals surface area contributed by atoms with Crippen molar-refractivity contribution >= 4 is 16.0 Å². The van der Waals surface area contributed by atoms with Crippen LogP contribution in [0.4, 0.5) is 0 Å². The van der Waals surface area contributed by atoms with E-state index < -0.39 is 16.0 Å². The highest BCUT2D eigenvalue weighted by atomic mass is 32.2. The third kappa shape index (κ3) is 2.54. The van der Waals surface area contributed by atoms with Gasteiger partial charge in [-0.05, 0) is 12.3 Å². The molecule has 0 spiro atoms. The van der Waals surface area contributed by atoms with E-state index >= 15 is 0 Å². The standard InChI is InChI=1S/C10H15N3O4S/c1-12-7-9(5-11-12)18(16,17)13-3-2-8(6-13)4-10(14)15/h5,7-8H,2-4,6H2,1H3,(H,14,15). The van der Waals surface area contributed by atoms with E-state index in [2.05, 4.69) is 5.10 Å². The molecular formula is C10H15N3O4S. The second-order valence-electron chi connectivity index (χ2n) is 4.47. The van der Waals surface area contributed by atoms with Crippen molar-refractivity contribution in [3.63, 3.8) is 0 Å². The molecule has 1 N–H and O–H groups in total. The van der Waals surface area contributed by atoms with E-state index in [1.165, 1.54) is 21.4 Å². The first-order valence-electron chi connectivity index (χ1n) is 5.60. The molecule has 18 heavy (non-hydrogen) atoms. The molecule has 1 fully saturated rings. The molecule has 0 aliphatic carbocycles. The molecule has 2 rings (SSSR count). The fraction of sp³-hybridized carbons (Fsp3) is 0.600. The third-order valence-electron chi connectivity index (χ3n) is 3.03. The molecule has 2 heterocycles. The lowest BCUT2D eigenvalue weighted by atomic mass is 10.1. The van der Waals surface area contributed by atoms with Gasteiger partial charge in [0.15, 0.2) is 0 Å². The fourth-order valence-corrected chi connectivity index (χ4v) is 3.63. The van der Waals surface area contributed by atoms with Crippen LogP contribution >= 0.6 is 0 Å². The van der Waals surface area contributed by atoms with Crippen molar-refractivity contribution in [2.75, 3.05) is 13.1 Å². The van der Waals surface area contributed by atoms with Crippen molar-refractivity contribution in [1.82, 2.24) is 14.1 Å².